The summed E-state index contributed by atoms with van der Waals surface area (Å²) in [7, 11) is 0. The normalized spacial score (nSPS) is 11.1. The first-order valence-corrected chi connectivity index (χ1v) is 13.0. The molecule has 2 amide bonds. The van der Waals surface area contributed by atoms with Crippen molar-refractivity contribution < 1.29 is 52.6 Å². The monoisotopic (exact) mass is 562 g/mol. The Labute approximate surface area is 231 Å². The van der Waals surface area contributed by atoms with E-state index in [0.29, 0.717) is 65.9 Å². The number of ether oxygens (including phenoxy) is 7. The molecule has 39 heavy (non-hydrogen) atoms. The van der Waals surface area contributed by atoms with Crippen LogP contribution in [0.3, 0.4) is 0 Å². The number of carboxylic acids is 1. The molecular formula is C26H46N2O11. The summed E-state index contributed by atoms with van der Waals surface area (Å²) in [4.78, 5) is 36.4. The Morgan fingerprint density at radius 3 is 1.77 bits per heavy atom. The smallest absolute Gasteiger partial charge is 0.407 e. The zero-order valence-corrected chi connectivity index (χ0v) is 23.6. The zero-order chi connectivity index (χ0) is 29.2. The fourth-order valence-corrected chi connectivity index (χ4v) is 2.72. The number of aliphatic carboxylic acids is 1. The van der Waals surface area contributed by atoms with Crippen LogP contribution in [-0.4, -0.2) is 132 Å². The van der Waals surface area contributed by atoms with E-state index in [4.69, 9.17) is 44.7 Å². The fraction of sp³-hybridized carbons (Fsp3) is 0.808. The van der Waals surface area contributed by atoms with E-state index in [-0.39, 0.29) is 51.7 Å². The van der Waals surface area contributed by atoms with Crippen molar-refractivity contribution in [2.45, 2.75) is 39.2 Å². The van der Waals surface area contributed by atoms with Gasteiger partial charge in [-0.05, 0) is 20.8 Å². The van der Waals surface area contributed by atoms with Crippen molar-refractivity contribution in [3.05, 3.63) is 0 Å². The van der Waals surface area contributed by atoms with Gasteiger partial charge in [0, 0.05) is 19.6 Å². The zero-order valence-electron chi connectivity index (χ0n) is 23.6. The van der Waals surface area contributed by atoms with Gasteiger partial charge in [-0.15, -0.1) is 6.42 Å². The molecule has 0 unspecified atom stereocenters. The average Bonchev–Trinajstić information content (AvgIpc) is 2.86. The Balaban J connectivity index is 4.16. The number of hydrogen-bond donors (Lipinski definition) is 2. The van der Waals surface area contributed by atoms with Crippen LogP contribution in [0, 0.1) is 12.3 Å². The molecule has 0 radical (unpaired) electrons. The van der Waals surface area contributed by atoms with E-state index in [9.17, 15) is 14.4 Å². The molecule has 0 saturated heterocycles. The Bertz CT molecular complexity index is 692. The maximum atomic E-state index is 12.7. The van der Waals surface area contributed by atoms with Gasteiger partial charge in [0.05, 0.1) is 85.5 Å². The van der Waals surface area contributed by atoms with E-state index in [0.717, 1.165) is 0 Å². The minimum Gasteiger partial charge on any atom is -0.481 e. The van der Waals surface area contributed by atoms with Crippen LogP contribution in [-0.2, 0) is 42.7 Å². The molecule has 0 fully saturated rings. The van der Waals surface area contributed by atoms with Gasteiger partial charge < -0.3 is 48.5 Å². The highest BCUT2D eigenvalue weighted by molar-refractivity contribution is 5.76. The van der Waals surface area contributed by atoms with E-state index in [1.54, 1.807) is 25.7 Å². The number of nitrogens with zero attached hydrogens (tertiary/aromatic N) is 1. The predicted octanol–water partition coefficient (Wildman–Crippen LogP) is 0.937. The summed E-state index contributed by atoms with van der Waals surface area (Å²) in [6, 6.07) is 0. The Kier molecular flexibility index (Phi) is 23.0. The molecule has 13 heteroatoms. The minimum atomic E-state index is -0.905. The molecule has 0 aromatic rings. The molecule has 0 atom stereocenters. The third kappa shape index (κ3) is 26.9. The van der Waals surface area contributed by atoms with Gasteiger partial charge in [0.1, 0.15) is 12.2 Å². The van der Waals surface area contributed by atoms with E-state index < -0.39 is 17.7 Å². The molecule has 2 N–H and O–H groups in total. The lowest BCUT2D eigenvalue weighted by Gasteiger charge is -2.23. The van der Waals surface area contributed by atoms with Gasteiger partial charge in [0.15, 0.2) is 0 Å². The van der Waals surface area contributed by atoms with Crippen LogP contribution in [0.2, 0.25) is 0 Å². The number of carbonyl (C=O) groups excluding carboxylic acids is 2. The first-order chi connectivity index (χ1) is 18.7. The summed E-state index contributed by atoms with van der Waals surface area (Å²) >= 11 is 0. The second-order valence-electron chi connectivity index (χ2n) is 9.02. The third-order valence-corrected chi connectivity index (χ3v) is 4.50. The number of terminal acetylenes is 1. The van der Waals surface area contributed by atoms with Gasteiger partial charge in [-0.1, -0.05) is 5.92 Å². The molecule has 0 aromatic carbocycles. The highest BCUT2D eigenvalue weighted by atomic mass is 16.6. The number of alkyl carbamates (subject to hydrolysis) is 1. The van der Waals surface area contributed by atoms with Crippen molar-refractivity contribution in [3.8, 4) is 12.3 Å². The summed E-state index contributed by atoms with van der Waals surface area (Å²) in [5, 5.41) is 11.1. The molecule has 13 nitrogen and oxygen atoms in total. The van der Waals surface area contributed by atoms with Crippen molar-refractivity contribution in [1.82, 2.24) is 10.2 Å². The molecule has 0 bridgehead atoms. The Morgan fingerprint density at radius 1 is 0.744 bits per heavy atom. The number of carbonyl (C=O) groups is 3. The second kappa shape index (κ2) is 24.6. The van der Waals surface area contributed by atoms with Crippen LogP contribution >= 0.6 is 0 Å². The first-order valence-electron chi connectivity index (χ1n) is 13.0. The fourth-order valence-electron chi connectivity index (χ4n) is 2.72. The first kappa shape index (κ1) is 36.5. The van der Waals surface area contributed by atoms with Crippen molar-refractivity contribution in [2.75, 3.05) is 98.9 Å². The van der Waals surface area contributed by atoms with Crippen LogP contribution in [0.4, 0.5) is 4.79 Å². The third-order valence-electron chi connectivity index (χ3n) is 4.50. The van der Waals surface area contributed by atoms with Crippen LogP contribution < -0.4 is 5.32 Å². The lowest BCUT2D eigenvalue weighted by atomic mass is 10.2. The summed E-state index contributed by atoms with van der Waals surface area (Å²) in [5.74, 6) is 1.36. The van der Waals surface area contributed by atoms with Gasteiger partial charge in [-0.25, -0.2) is 4.79 Å². The van der Waals surface area contributed by atoms with E-state index in [1.165, 1.54) is 0 Å². The predicted molar refractivity (Wildman–Crippen MR) is 141 cm³/mol. The molecule has 0 aliphatic rings. The molecule has 0 aliphatic carbocycles. The van der Waals surface area contributed by atoms with Gasteiger partial charge in [-0.3, -0.25) is 9.59 Å². The SMILES string of the molecule is C#CCOCCOCCN(CCOCCOCCOCCC(=O)O)C(=O)CCOCCNC(=O)OC(C)(C)C. The largest absolute Gasteiger partial charge is 0.481 e. The van der Waals surface area contributed by atoms with Crippen LogP contribution in [0.5, 0.6) is 0 Å². The molecule has 0 spiro atoms. The number of nitrogens with one attached hydrogen (secondary N) is 1. The summed E-state index contributed by atoms with van der Waals surface area (Å²) in [6.45, 7) is 9.90. The molecule has 0 heterocycles. The standard InChI is InChI=1S/C26H46N2O11/c1-5-11-33-17-19-36-15-9-28(10-16-37-20-22-38-21-18-35-13-7-24(30)31)23(29)6-12-34-14-8-27-25(32)39-26(2,3)4/h1H,6-22H2,2-4H3,(H,27,32)(H,30,31). The Morgan fingerprint density at radius 2 is 1.23 bits per heavy atom. The van der Waals surface area contributed by atoms with E-state index in [2.05, 4.69) is 11.2 Å². The maximum Gasteiger partial charge on any atom is 0.407 e. The van der Waals surface area contributed by atoms with E-state index >= 15 is 0 Å². The van der Waals surface area contributed by atoms with Crippen molar-refractivity contribution in [1.29, 1.82) is 0 Å². The lowest BCUT2D eigenvalue weighted by Crippen LogP contribution is -2.37. The second-order valence-corrected chi connectivity index (χ2v) is 9.02. The summed E-state index contributed by atoms with van der Waals surface area (Å²) < 4.78 is 37.3. The van der Waals surface area contributed by atoms with Gasteiger partial charge in [0.25, 0.3) is 0 Å². The number of rotatable bonds is 25. The molecular weight excluding hydrogens is 516 g/mol. The highest BCUT2D eigenvalue weighted by Crippen LogP contribution is 2.06. The van der Waals surface area contributed by atoms with Crippen molar-refractivity contribution in [3.63, 3.8) is 0 Å². The minimum absolute atomic E-state index is 0.0413. The summed E-state index contributed by atoms with van der Waals surface area (Å²) in [5.41, 5.74) is -0.574. The lowest BCUT2D eigenvalue weighted by molar-refractivity contribution is -0.138. The molecule has 226 valence electrons. The molecule has 0 rings (SSSR count). The average molecular weight is 563 g/mol. The van der Waals surface area contributed by atoms with Gasteiger partial charge in [-0.2, -0.15) is 0 Å². The number of hydrogen-bond acceptors (Lipinski definition) is 10. The van der Waals surface area contributed by atoms with Crippen LogP contribution in [0.25, 0.3) is 0 Å². The highest BCUT2D eigenvalue weighted by Gasteiger charge is 2.16. The number of carboxylic acid groups (broad SMARTS) is 1. The van der Waals surface area contributed by atoms with Crippen LogP contribution in [0.1, 0.15) is 33.6 Å². The van der Waals surface area contributed by atoms with Crippen molar-refractivity contribution >= 4 is 18.0 Å². The van der Waals surface area contributed by atoms with Crippen LogP contribution in [0.15, 0.2) is 0 Å². The molecule has 0 aromatic heterocycles. The van der Waals surface area contributed by atoms with Crippen molar-refractivity contribution in [2.24, 2.45) is 0 Å². The number of amides is 2. The van der Waals surface area contributed by atoms with Gasteiger partial charge in [0.2, 0.25) is 5.91 Å². The van der Waals surface area contributed by atoms with Gasteiger partial charge >= 0.3 is 12.1 Å². The Hall–Kier alpha value is -2.47. The topological polar surface area (TPSA) is 151 Å². The quantitative estimate of drug-likeness (QED) is 0.121. The molecule has 0 saturated carbocycles. The molecule has 0 aliphatic heterocycles. The summed E-state index contributed by atoms with van der Waals surface area (Å²) in [6.07, 6.45) is 4.73. The maximum absolute atomic E-state index is 12.7. The van der Waals surface area contributed by atoms with E-state index in [1.807, 2.05) is 0 Å².